The summed E-state index contributed by atoms with van der Waals surface area (Å²) >= 11 is 3.01. The molecule has 1 fully saturated rings. The van der Waals surface area contributed by atoms with Crippen molar-refractivity contribution >= 4 is 56.5 Å². The fraction of sp³-hybridized carbons (Fsp3) is 0.462. The molecule has 2 aliphatic carbocycles. The molecule has 184 valence electrons. The number of hydrogen-bond donors (Lipinski definition) is 2. The zero-order chi connectivity index (χ0) is 24.5. The molecule has 2 amide bonds. The number of hydrogen-bond acceptors (Lipinski definition) is 6. The van der Waals surface area contributed by atoms with Crippen molar-refractivity contribution in [2.24, 2.45) is 0 Å². The third-order valence-corrected chi connectivity index (χ3v) is 9.05. The van der Waals surface area contributed by atoms with E-state index in [0.29, 0.717) is 16.5 Å². The number of rotatable bonds is 6. The van der Waals surface area contributed by atoms with Crippen LogP contribution in [0.1, 0.15) is 68.9 Å². The Morgan fingerprint density at radius 3 is 2.40 bits per heavy atom. The van der Waals surface area contributed by atoms with Crippen LogP contribution in [0.15, 0.2) is 34.2 Å². The predicted octanol–water partition coefficient (Wildman–Crippen LogP) is 5.53. The number of amides is 2. The molecule has 35 heavy (non-hydrogen) atoms. The first-order chi connectivity index (χ1) is 16.9. The number of benzene rings is 1. The van der Waals surface area contributed by atoms with Crippen LogP contribution < -0.4 is 16.2 Å². The van der Waals surface area contributed by atoms with Gasteiger partial charge in [0.1, 0.15) is 4.83 Å². The molecule has 2 aliphatic rings. The first kappa shape index (κ1) is 24.1. The highest BCUT2D eigenvalue weighted by molar-refractivity contribution is 8.00. The third-order valence-electron chi connectivity index (χ3n) is 6.80. The SMILES string of the molecule is CC(=O)Nc1ccc(NC(=O)[C@@H](C)Sc2nc3sc4c(c3c(=O)n2C2CCCC2)CCCC4)cc1. The summed E-state index contributed by atoms with van der Waals surface area (Å²) in [7, 11) is 0. The molecule has 1 atom stereocenters. The number of carbonyl (C=O) groups excluding carboxylic acids is 2. The normalized spacial score (nSPS) is 16.7. The van der Waals surface area contributed by atoms with Gasteiger partial charge in [-0.1, -0.05) is 24.6 Å². The molecular formula is C26H30N4O3S2. The molecule has 0 aliphatic heterocycles. The van der Waals surface area contributed by atoms with E-state index in [1.807, 2.05) is 11.5 Å². The minimum Gasteiger partial charge on any atom is -0.326 e. The Hall–Kier alpha value is -2.65. The van der Waals surface area contributed by atoms with Gasteiger partial charge in [-0.05, 0) is 75.3 Å². The number of aryl methyl sites for hydroxylation is 2. The first-order valence-corrected chi connectivity index (χ1v) is 14.0. The standard InChI is InChI=1S/C26H30N4O3S2/c1-15(23(32)28-18-13-11-17(12-14-18)27-16(2)31)34-26-29-24-22(20-9-5-6-10-21(20)35-24)25(33)30(26)19-7-3-4-8-19/h11-15,19H,3-10H2,1-2H3,(H,27,31)(H,28,32)/t15-/m1/s1. The van der Waals surface area contributed by atoms with E-state index in [0.717, 1.165) is 55.2 Å². The van der Waals surface area contributed by atoms with Gasteiger partial charge in [0.2, 0.25) is 11.8 Å². The molecule has 1 saturated carbocycles. The molecule has 9 heteroatoms. The quantitative estimate of drug-likeness (QED) is 0.336. The fourth-order valence-electron chi connectivity index (χ4n) is 5.06. The van der Waals surface area contributed by atoms with Crippen LogP contribution in [0.4, 0.5) is 11.4 Å². The Balaban J connectivity index is 1.41. The van der Waals surface area contributed by atoms with Gasteiger partial charge in [0.25, 0.3) is 5.56 Å². The van der Waals surface area contributed by atoms with E-state index in [1.165, 1.54) is 35.5 Å². The molecule has 0 unspecified atom stereocenters. The van der Waals surface area contributed by atoms with Crippen molar-refractivity contribution in [3.05, 3.63) is 45.1 Å². The Morgan fingerprint density at radius 2 is 1.71 bits per heavy atom. The summed E-state index contributed by atoms with van der Waals surface area (Å²) in [5.74, 6) is -0.295. The minimum atomic E-state index is -0.434. The van der Waals surface area contributed by atoms with Gasteiger partial charge >= 0.3 is 0 Å². The third kappa shape index (κ3) is 5.02. The fourth-order valence-corrected chi connectivity index (χ4v) is 7.34. The van der Waals surface area contributed by atoms with Crippen LogP contribution in [0.3, 0.4) is 0 Å². The smallest absolute Gasteiger partial charge is 0.263 e. The predicted molar refractivity (Wildman–Crippen MR) is 143 cm³/mol. The molecule has 3 aromatic rings. The van der Waals surface area contributed by atoms with E-state index in [1.54, 1.807) is 35.6 Å². The van der Waals surface area contributed by atoms with Crippen molar-refractivity contribution in [2.45, 2.75) is 81.7 Å². The maximum atomic E-state index is 13.8. The van der Waals surface area contributed by atoms with Gasteiger partial charge in [0.05, 0.1) is 10.6 Å². The Labute approximate surface area is 212 Å². The second kappa shape index (κ2) is 10.1. The zero-order valence-electron chi connectivity index (χ0n) is 20.1. The summed E-state index contributed by atoms with van der Waals surface area (Å²) < 4.78 is 1.90. The summed E-state index contributed by atoms with van der Waals surface area (Å²) in [6.45, 7) is 3.30. The van der Waals surface area contributed by atoms with E-state index in [2.05, 4.69) is 10.6 Å². The highest BCUT2D eigenvalue weighted by Crippen LogP contribution is 2.38. The average molecular weight is 511 g/mol. The van der Waals surface area contributed by atoms with Crippen LogP contribution in [-0.4, -0.2) is 26.6 Å². The summed E-state index contributed by atoms with van der Waals surface area (Å²) in [6, 6.07) is 7.17. The molecule has 2 N–H and O–H groups in total. The lowest BCUT2D eigenvalue weighted by Crippen LogP contribution is -2.29. The number of aromatic nitrogens is 2. The van der Waals surface area contributed by atoms with Crippen molar-refractivity contribution in [3.63, 3.8) is 0 Å². The highest BCUT2D eigenvalue weighted by atomic mass is 32.2. The maximum absolute atomic E-state index is 13.8. The monoisotopic (exact) mass is 510 g/mol. The number of carbonyl (C=O) groups is 2. The van der Waals surface area contributed by atoms with Gasteiger partial charge in [-0.15, -0.1) is 11.3 Å². The van der Waals surface area contributed by atoms with Crippen LogP contribution in [-0.2, 0) is 22.4 Å². The number of thioether (sulfide) groups is 1. The minimum absolute atomic E-state index is 0.0740. The lowest BCUT2D eigenvalue weighted by atomic mass is 9.97. The van der Waals surface area contributed by atoms with Crippen LogP contribution >= 0.6 is 23.1 Å². The van der Waals surface area contributed by atoms with Crippen LogP contribution in [0.5, 0.6) is 0 Å². The van der Waals surface area contributed by atoms with Crippen molar-refractivity contribution in [2.75, 3.05) is 10.6 Å². The molecule has 0 spiro atoms. The van der Waals surface area contributed by atoms with Crippen molar-refractivity contribution in [1.29, 1.82) is 0 Å². The summed E-state index contributed by atoms with van der Waals surface area (Å²) in [4.78, 5) is 45.1. The van der Waals surface area contributed by atoms with Crippen molar-refractivity contribution in [3.8, 4) is 0 Å². The lowest BCUT2D eigenvalue weighted by molar-refractivity contribution is -0.115. The second-order valence-electron chi connectivity index (χ2n) is 9.41. The molecule has 0 radical (unpaired) electrons. The van der Waals surface area contributed by atoms with Gasteiger partial charge in [-0.3, -0.25) is 19.0 Å². The van der Waals surface area contributed by atoms with E-state index in [4.69, 9.17) is 4.98 Å². The van der Waals surface area contributed by atoms with E-state index < -0.39 is 5.25 Å². The van der Waals surface area contributed by atoms with Crippen LogP contribution in [0, 0.1) is 0 Å². The number of thiophene rings is 1. The van der Waals surface area contributed by atoms with Gasteiger partial charge < -0.3 is 10.6 Å². The number of nitrogens with one attached hydrogen (secondary N) is 2. The summed E-state index contributed by atoms with van der Waals surface area (Å²) in [6.07, 6.45) is 8.48. The van der Waals surface area contributed by atoms with Gasteiger partial charge in [-0.2, -0.15) is 0 Å². The molecule has 2 aromatic heterocycles. The van der Waals surface area contributed by atoms with Crippen LogP contribution in [0.2, 0.25) is 0 Å². The van der Waals surface area contributed by atoms with Crippen LogP contribution in [0.25, 0.3) is 10.2 Å². The number of fused-ring (bicyclic) bond motifs is 3. The van der Waals surface area contributed by atoms with E-state index in [9.17, 15) is 14.4 Å². The number of anilines is 2. The second-order valence-corrected chi connectivity index (χ2v) is 11.8. The Morgan fingerprint density at radius 1 is 1.06 bits per heavy atom. The zero-order valence-corrected chi connectivity index (χ0v) is 21.7. The van der Waals surface area contributed by atoms with Gasteiger partial charge in [0, 0.05) is 29.2 Å². The summed E-state index contributed by atoms with van der Waals surface area (Å²) in [5, 5.41) is 6.69. The largest absolute Gasteiger partial charge is 0.326 e. The molecular weight excluding hydrogens is 480 g/mol. The maximum Gasteiger partial charge on any atom is 0.263 e. The molecule has 2 heterocycles. The van der Waals surface area contributed by atoms with E-state index >= 15 is 0 Å². The van der Waals surface area contributed by atoms with Crippen molar-refractivity contribution < 1.29 is 9.59 Å². The first-order valence-electron chi connectivity index (χ1n) is 12.3. The lowest BCUT2D eigenvalue weighted by Gasteiger charge is -2.20. The molecule has 7 nitrogen and oxygen atoms in total. The summed E-state index contributed by atoms with van der Waals surface area (Å²) in [5.41, 5.74) is 2.62. The van der Waals surface area contributed by atoms with E-state index in [-0.39, 0.29) is 23.4 Å². The molecule has 0 bridgehead atoms. The van der Waals surface area contributed by atoms with Crippen molar-refractivity contribution in [1.82, 2.24) is 9.55 Å². The number of nitrogens with zero attached hydrogens (tertiary/aromatic N) is 2. The molecule has 0 saturated heterocycles. The Bertz CT molecular complexity index is 1320. The highest BCUT2D eigenvalue weighted by Gasteiger charge is 2.28. The Kier molecular flexibility index (Phi) is 6.98. The molecule has 1 aromatic carbocycles. The molecule has 5 rings (SSSR count). The average Bonchev–Trinajstić information content (AvgIpc) is 3.48. The topological polar surface area (TPSA) is 93.1 Å². The van der Waals surface area contributed by atoms with Gasteiger partial charge in [0.15, 0.2) is 5.16 Å². The van der Waals surface area contributed by atoms with Gasteiger partial charge in [-0.25, -0.2) is 4.98 Å².